The fraction of sp³-hybridized carbons (Fsp3) is 0.333. The van der Waals surface area contributed by atoms with E-state index in [4.69, 9.17) is 4.42 Å². The van der Waals surface area contributed by atoms with Gasteiger partial charge in [0, 0.05) is 13.8 Å². The molecule has 10 heavy (non-hydrogen) atoms. The molecule has 4 nitrogen and oxygen atoms in total. The molecule has 0 atom stereocenters. The van der Waals surface area contributed by atoms with E-state index in [-0.39, 0.29) is 5.88 Å². The van der Waals surface area contributed by atoms with Crippen molar-refractivity contribution in [2.45, 2.75) is 13.8 Å². The molecule has 0 saturated carbocycles. The van der Waals surface area contributed by atoms with Gasteiger partial charge in [-0.2, -0.15) is 4.98 Å². The lowest BCUT2D eigenvalue weighted by atomic mass is 10.7. The van der Waals surface area contributed by atoms with Crippen LogP contribution in [-0.2, 0) is 4.79 Å². The zero-order valence-corrected chi connectivity index (χ0v) is 5.75. The first kappa shape index (κ1) is 6.80. The highest BCUT2D eigenvalue weighted by Gasteiger charge is 2.01. The molecule has 0 N–H and O–H groups in total. The number of hydrogen-bond donors (Lipinski definition) is 0. The number of ether oxygens (including phenoxy) is 1. The van der Waals surface area contributed by atoms with Crippen molar-refractivity contribution >= 4 is 5.97 Å². The average molecular weight is 141 g/mol. The van der Waals surface area contributed by atoms with E-state index in [0.29, 0.717) is 5.89 Å². The Labute approximate surface area is 57.8 Å². The van der Waals surface area contributed by atoms with Gasteiger partial charge in [-0.05, 0) is 0 Å². The predicted octanol–water partition coefficient (Wildman–Crippen LogP) is 0.908. The molecule has 0 amide bonds. The standard InChI is InChI=1S/C6H7NO3/c1-4-7-6(3-9-4)10-5(2)8/h3H,1-2H3. The monoisotopic (exact) mass is 141 g/mol. The normalized spacial score (nSPS) is 9.40. The van der Waals surface area contributed by atoms with Crippen molar-refractivity contribution in [1.82, 2.24) is 4.98 Å². The molecule has 0 bridgehead atoms. The fourth-order valence-electron chi connectivity index (χ4n) is 0.538. The highest BCUT2D eigenvalue weighted by molar-refractivity contribution is 5.68. The van der Waals surface area contributed by atoms with Crippen LogP contribution in [0.2, 0.25) is 0 Å². The van der Waals surface area contributed by atoms with Gasteiger partial charge in [0.05, 0.1) is 0 Å². The van der Waals surface area contributed by atoms with Crippen LogP contribution in [0.15, 0.2) is 10.7 Å². The molecule has 4 heteroatoms. The molecule has 54 valence electrons. The molecule has 1 aromatic heterocycles. The maximum atomic E-state index is 10.3. The number of aryl methyl sites for hydroxylation is 1. The fourth-order valence-corrected chi connectivity index (χ4v) is 0.538. The van der Waals surface area contributed by atoms with Gasteiger partial charge in [-0.15, -0.1) is 0 Å². The summed E-state index contributed by atoms with van der Waals surface area (Å²) in [5.41, 5.74) is 0. The molecule has 1 heterocycles. The van der Waals surface area contributed by atoms with Crippen molar-refractivity contribution in [3.05, 3.63) is 12.2 Å². The van der Waals surface area contributed by atoms with Crippen LogP contribution in [0.25, 0.3) is 0 Å². The van der Waals surface area contributed by atoms with Crippen LogP contribution in [0.3, 0.4) is 0 Å². The number of nitrogens with zero attached hydrogens (tertiary/aromatic N) is 1. The van der Waals surface area contributed by atoms with Crippen LogP contribution >= 0.6 is 0 Å². The molecule has 1 rings (SSSR count). The third-order valence-electron chi connectivity index (χ3n) is 0.846. The Bertz CT molecular complexity index is 241. The molecule has 0 aliphatic rings. The number of hydrogen-bond acceptors (Lipinski definition) is 4. The van der Waals surface area contributed by atoms with E-state index in [2.05, 4.69) is 9.72 Å². The molecule has 0 fully saturated rings. The van der Waals surface area contributed by atoms with Crippen LogP contribution in [0, 0.1) is 6.92 Å². The third-order valence-corrected chi connectivity index (χ3v) is 0.846. The smallest absolute Gasteiger partial charge is 0.309 e. The second-order valence-corrected chi connectivity index (χ2v) is 1.80. The van der Waals surface area contributed by atoms with E-state index in [9.17, 15) is 4.79 Å². The molecule has 0 saturated heterocycles. The van der Waals surface area contributed by atoms with Crippen LogP contribution in [-0.4, -0.2) is 11.0 Å². The summed E-state index contributed by atoms with van der Waals surface area (Å²) in [5, 5.41) is 0. The number of oxazole rings is 1. The minimum atomic E-state index is -0.395. The molecule has 0 unspecified atom stereocenters. The number of carbonyl (C=O) groups is 1. The minimum Gasteiger partial charge on any atom is -0.445 e. The zero-order valence-electron chi connectivity index (χ0n) is 5.75. The molecular weight excluding hydrogens is 134 g/mol. The van der Waals surface area contributed by atoms with E-state index >= 15 is 0 Å². The topological polar surface area (TPSA) is 52.3 Å². The van der Waals surface area contributed by atoms with Crippen molar-refractivity contribution in [2.75, 3.05) is 0 Å². The van der Waals surface area contributed by atoms with Crippen LogP contribution in [0.4, 0.5) is 0 Å². The van der Waals surface area contributed by atoms with E-state index in [1.807, 2.05) is 0 Å². The van der Waals surface area contributed by atoms with Gasteiger partial charge in [0.15, 0.2) is 12.2 Å². The quantitative estimate of drug-likeness (QED) is 0.545. The summed E-state index contributed by atoms with van der Waals surface area (Å²) in [6.07, 6.45) is 1.29. The number of carbonyl (C=O) groups excluding carboxylic acids is 1. The van der Waals surface area contributed by atoms with Crippen LogP contribution in [0.1, 0.15) is 12.8 Å². The number of rotatable bonds is 1. The van der Waals surface area contributed by atoms with Crippen molar-refractivity contribution in [3.8, 4) is 5.88 Å². The van der Waals surface area contributed by atoms with E-state index in [0.717, 1.165) is 0 Å². The molecule has 0 radical (unpaired) electrons. The number of aromatic nitrogens is 1. The van der Waals surface area contributed by atoms with Crippen molar-refractivity contribution in [1.29, 1.82) is 0 Å². The summed E-state index contributed by atoms with van der Waals surface area (Å²) >= 11 is 0. The molecule has 0 spiro atoms. The highest BCUT2D eigenvalue weighted by Crippen LogP contribution is 2.08. The minimum absolute atomic E-state index is 0.213. The lowest BCUT2D eigenvalue weighted by Gasteiger charge is -1.89. The SMILES string of the molecule is CC(=O)Oc1coc(C)n1. The Hall–Kier alpha value is -1.32. The molecular formula is C6H7NO3. The second-order valence-electron chi connectivity index (χ2n) is 1.80. The summed E-state index contributed by atoms with van der Waals surface area (Å²) in [6, 6.07) is 0. The lowest BCUT2D eigenvalue weighted by Crippen LogP contribution is -2.01. The first-order valence-corrected chi connectivity index (χ1v) is 2.79. The van der Waals surface area contributed by atoms with Gasteiger partial charge in [0.2, 0.25) is 0 Å². The Kier molecular flexibility index (Phi) is 1.71. The van der Waals surface area contributed by atoms with Gasteiger partial charge in [-0.1, -0.05) is 0 Å². The van der Waals surface area contributed by atoms with Crippen molar-refractivity contribution < 1.29 is 13.9 Å². The molecule has 1 aromatic rings. The van der Waals surface area contributed by atoms with E-state index in [1.165, 1.54) is 13.2 Å². The Balaban J connectivity index is 2.67. The van der Waals surface area contributed by atoms with Crippen molar-refractivity contribution in [2.24, 2.45) is 0 Å². The summed E-state index contributed by atoms with van der Waals surface area (Å²) in [7, 11) is 0. The zero-order chi connectivity index (χ0) is 7.56. The van der Waals surface area contributed by atoms with Gasteiger partial charge in [-0.25, -0.2) is 0 Å². The molecule has 0 aliphatic carbocycles. The second kappa shape index (κ2) is 2.51. The summed E-state index contributed by atoms with van der Waals surface area (Å²) in [6.45, 7) is 2.98. The summed E-state index contributed by atoms with van der Waals surface area (Å²) in [4.78, 5) is 14.1. The Morgan fingerprint density at radius 1 is 1.80 bits per heavy atom. The maximum Gasteiger partial charge on any atom is 0.309 e. The van der Waals surface area contributed by atoms with Crippen molar-refractivity contribution in [3.63, 3.8) is 0 Å². The third kappa shape index (κ3) is 1.58. The first-order valence-electron chi connectivity index (χ1n) is 2.79. The number of esters is 1. The van der Waals surface area contributed by atoms with Gasteiger partial charge in [0.25, 0.3) is 5.88 Å². The van der Waals surface area contributed by atoms with Crippen LogP contribution < -0.4 is 4.74 Å². The summed E-state index contributed by atoms with van der Waals surface area (Å²) in [5.74, 6) is 0.301. The Morgan fingerprint density at radius 2 is 2.50 bits per heavy atom. The van der Waals surface area contributed by atoms with Gasteiger partial charge < -0.3 is 9.15 Å². The molecule has 0 aromatic carbocycles. The van der Waals surface area contributed by atoms with Gasteiger partial charge >= 0.3 is 5.97 Å². The lowest BCUT2D eigenvalue weighted by molar-refractivity contribution is -0.132. The average Bonchev–Trinajstić information content (AvgIpc) is 2.13. The molecule has 0 aliphatic heterocycles. The van der Waals surface area contributed by atoms with Gasteiger partial charge in [-0.3, -0.25) is 4.79 Å². The van der Waals surface area contributed by atoms with E-state index in [1.54, 1.807) is 6.92 Å². The largest absolute Gasteiger partial charge is 0.445 e. The van der Waals surface area contributed by atoms with E-state index < -0.39 is 5.97 Å². The Morgan fingerprint density at radius 3 is 2.90 bits per heavy atom. The highest BCUT2D eigenvalue weighted by atomic mass is 16.5. The first-order chi connectivity index (χ1) is 4.68. The summed E-state index contributed by atoms with van der Waals surface area (Å²) < 4.78 is 9.37. The van der Waals surface area contributed by atoms with Crippen LogP contribution in [0.5, 0.6) is 5.88 Å². The predicted molar refractivity (Wildman–Crippen MR) is 32.5 cm³/mol. The van der Waals surface area contributed by atoms with Gasteiger partial charge in [0.1, 0.15) is 0 Å². The maximum absolute atomic E-state index is 10.3.